The van der Waals surface area contributed by atoms with Gasteiger partial charge in [0, 0.05) is 50.4 Å². The largest absolute Gasteiger partial charge is 0.477 e. The van der Waals surface area contributed by atoms with Crippen molar-refractivity contribution < 1.29 is 23.1 Å². The molecule has 2 heterocycles. The second-order valence-electron chi connectivity index (χ2n) is 11.7. The molecule has 9 heteroatoms. The van der Waals surface area contributed by atoms with Crippen molar-refractivity contribution in [1.82, 2.24) is 9.47 Å². The third-order valence-electron chi connectivity index (χ3n) is 8.45. The number of aromatic carboxylic acids is 1. The van der Waals surface area contributed by atoms with Crippen LogP contribution in [0.4, 0.5) is 18.9 Å². The number of pyridine rings is 1. The fraction of sp³-hybridized carbons (Fsp3) is 0.333. The molecule has 42 heavy (non-hydrogen) atoms. The molecule has 1 N–H and O–H groups in total. The Morgan fingerprint density at radius 2 is 1.62 bits per heavy atom. The molecule has 3 aromatic carbocycles. The van der Waals surface area contributed by atoms with E-state index in [-0.39, 0.29) is 35.7 Å². The summed E-state index contributed by atoms with van der Waals surface area (Å²) in [7, 11) is 0. The van der Waals surface area contributed by atoms with Crippen LogP contribution in [0.15, 0.2) is 77.7 Å². The van der Waals surface area contributed by atoms with E-state index < -0.39 is 40.7 Å². The van der Waals surface area contributed by atoms with Crippen molar-refractivity contribution in [3.8, 4) is 0 Å². The molecule has 1 aromatic heterocycles. The predicted octanol–water partition coefficient (Wildman–Crippen LogP) is 6.18. The van der Waals surface area contributed by atoms with E-state index in [0.29, 0.717) is 38.9 Å². The quantitative estimate of drug-likeness (QED) is 0.245. The van der Waals surface area contributed by atoms with Crippen molar-refractivity contribution in [1.29, 1.82) is 0 Å². The molecule has 2 aliphatic rings. The molecule has 1 saturated carbocycles. The van der Waals surface area contributed by atoms with Gasteiger partial charge in [0.2, 0.25) is 5.43 Å². The number of hydrogen-bond donors (Lipinski definition) is 1. The lowest BCUT2D eigenvalue weighted by Gasteiger charge is -2.34. The summed E-state index contributed by atoms with van der Waals surface area (Å²) in [4.78, 5) is 28.3. The number of rotatable bonds is 10. The number of nitrogens with zero attached hydrogens (tertiary/aromatic N) is 3. The number of carboxylic acids is 1. The molecule has 0 spiro atoms. The predicted molar refractivity (Wildman–Crippen MR) is 156 cm³/mol. The van der Waals surface area contributed by atoms with Gasteiger partial charge in [-0.15, -0.1) is 0 Å². The SMILES string of the molecule is O=C(O)c1cn(C2CC2)c2c(F)c(N3CC[C@](CF)(CN(Cc4ccccc4)Cc4ccccc4)C3)c(F)cc2c1=O. The van der Waals surface area contributed by atoms with E-state index in [1.54, 1.807) is 4.90 Å². The third kappa shape index (κ3) is 5.41. The Balaban J connectivity index is 1.33. The van der Waals surface area contributed by atoms with Crippen LogP contribution in [-0.2, 0) is 13.1 Å². The molecule has 218 valence electrons. The summed E-state index contributed by atoms with van der Waals surface area (Å²) in [5, 5.41) is 9.21. The Labute approximate surface area is 241 Å². The Hall–Kier alpha value is -4.11. The van der Waals surface area contributed by atoms with Crippen LogP contribution in [0.5, 0.6) is 0 Å². The van der Waals surface area contributed by atoms with Gasteiger partial charge in [0.25, 0.3) is 0 Å². The second kappa shape index (κ2) is 11.3. The lowest BCUT2D eigenvalue weighted by atomic mass is 9.87. The van der Waals surface area contributed by atoms with E-state index in [9.17, 15) is 19.1 Å². The van der Waals surface area contributed by atoms with Crippen LogP contribution in [0.3, 0.4) is 0 Å². The molecule has 6 nitrogen and oxygen atoms in total. The molecule has 4 aromatic rings. The summed E-state index contributed by atoms with van der Waals surface area (Å²) in [6.07, 6.45) is 2.97. The van der Waals surface area contributed by atoms with Crippen molar-refractivity contribution in [2.75, 3.05) is 31.2 Å². The van der Waals surface area contributed by atoms with Crippen LogP contribution in [0.25, 0.3) is 10.9 Å². The normalized spacial score (nSPS) is 18.7. The first-order valence-corrected chi connectivity index (χ1v) is 14.2. The van der Waals surface area contributed by atoms with Gasteiger partial charge < -0.3 is 14.6 Å². The summed E-state index contributed by atoms with van der Waals surface area (Å²) >= 11 is 0. The lowest BCUT2D eigenvalue weighted by molar-refractivity contribution is 0.0694. The maximum atomic E-state index is 16.2. The smallest absolute Gasteiger partial charge is 0.341 e. The molecular weight excluding hydrogens is 543 g/mol. The highest BCUT2D eigenvalue weighted by Gasteiger charge is 2.42. The highest BCUT2D eigenvalue weighted by Crippen LogP contribution is 2.42. The topological polar surface area (TPSA) is 65.8 Å². The fourth-order valence-corrected chi connectivity index (χ4v) is 6.25. The van der Waals surface area contributed by atoms with Crippen LogP contribution >= 0.6 is 0 Å². The average Bonchev–Trinajstić information content (AvgIpc) is 3.75. The van der Waals surface area contributed by atoms with Gasteiger partial charge in [-0.25, -0.2) is 13.6 Å². The Kier molecular flexibility index (Phi) is 7.53. The van der Waals surface area contributed by atoms with Crippen molar-refractivity contribution in [3.05, 3.63) is 111 Å². The molecule has 0 amide bonds. The maximum Gasteiger partial charge on any atom is 0.341 e. The number of aromatic nitrogens is 1. The van der Waals surface area contributed by atoms with Gasteiger partial charge in [0.1, 0.15) is 17.1 Å². The number of hydrogen-bond acceptors (Lipinski definition) is 4. The minimum atomic E-state index is -1.44. The van der Waals surface area contributed by atoms with Gasteiger partial charge in [-0.2, -0.15) is 0 Å². The molecule has 0 bridgehead atoms. The van der Waals surface area contributed by atoms with Crippen molar-refractivity contribution in [2.45, 2.75) is 38.4 Å². The standard InChI is InChI=1S/C33H32F3N3O3/c34-19-33(20-37(16-22-7-3-1-4-8-22)17-23-9-5-2-6-10-23)13-14-38(21-33)30-27(35)15-25-29(28(30)36)39(24-11-12-24)18-26(31(25)40)32(41)42/h1-10,15,18,24H,11-14,16-17,19-21H2,(H,41,42)/t33-/m0/s1. The summed E-state index contributed by atoms with van der Waals surface area (Å²) in [6.45, 7) is 1.26. The molecule has 0 radical (unpaired) electrons. The molecule has 1 aliphatic carbocycles. The fourth-order valence-electron chi connectivity index (χ4n) is 6.25. The monoisotopic (exact) mass is 575 g/mol. The first kappa shape index (κ1) is 28.0. The van der Waals surface area contributed by atoms with E-state index in [1.807, 2.05) is 60.7 Å². The summed E-state index contributed by atoms with van der Waals surface area (Å²) in [6, 6.07) is 20.6. The van der Waals surface area contributed by atoms with Crippen LogP contribution < -0.4 is 10.3 Å². The van der Waals surface area contributed by atoms with E-state index in [0.717, 1.165) is 23.4 Å². The molecule has 0 unspecified atom stereocenters. The zero-order valence-electron chi connectivity index (χ0n) is 23.1. The van der Waals surface area contributed by atoms with Crippen molar-refractivity contribution >= 4 is 22.6 Å². The van der Waals surface area contributed by atoms with E-state index in [1.165, 1.54) is 4.57 Å². The Morgan fingerprint density at radius 1 is 1.00 bits per heavy atom. The van der Waals surface area contributed by atoms with Crippen LogP contribution in [0, 0.1) is 17.0 Å². The van der Waals surface area contributed by atoms with Gasteiger partial charge in [0.15, 0.2) is 5.82 Å². The van der Waals surface area contributed by atoms with Crippen LogP contribution in [0.1, 0.15) is 46.8 Å². The van der Waals surface area contributed by atoms with E-state index in [2.05, 4.69) is 4.90 Å². The van der Waals surface area contributed by atoms with Gasteiger partial charge in [-0.1, -0.05) is 60.7 Å². The Bertz CT molecular complexity index is 1630. The number of carbonyl (C=O) groups is 1. The number of fused-ring (bicyclic) bond motifs is 1. The van der Waals surface area contributed by atoms with E-state index in [4.69, 9.17) is 0 Å². The lowest BCUT2D eigenvalue weighted by Crippen LogP contribution is -2.41. The Morgan fingerprint density at radius 3 is 2.17 bits per heavy atom. The second-order valence-corrected chi connectivity index (χ2v) is 11.7. The molecule has 6 rings (SSSR count). The number of halogens is 3. The number of benzene rings is 3. The molecule has 1 aliphatic heterocycles. The zero-order valence-corrected chi connectivity index (χ0v) is 23.1. The summed E-state index contributed by atoms with van der Waals surface area (Å²) in [5.41, 5.74) is -0.527. The van der Waals surface area contributed by atoms with Crippen LogP contribution in [-0.4, -0.2) is 46.9 Å². The molecule has 1 saturated heterocycles. The van der Waals surface area contributed by atoms with Gasteiger partial charge in [-0.3, -0.25) is 14.1 Å². The molecule has 1 atom stereocenters. The zero-order chi connectivity index (χ0) is 29.4. The first-order chi connectivity index (χ1) is 20.3. The average molecular weight is 576 g/mol. The number of alkyl halides is 1. The third-order valence-corrected chi connectivity index (χ3v) is 8.45. The maximum absolute atomic E-state index is 16.2. The minimum Gasteiger partial charge on any atom is -0.477 e. The number of anilines is 1. The minimum absolute atomic E-state index is 0.101. The first-order valence-electron chi connectivity index (χ1n) is 14.2. The van der Waals surface area contributed by atoms with E-state index >= 15 is 8.78 Å². The molecule has 2 fully saturated rings. The summed E-state index contributed by atoms with van der Waals surface area (Å²) < 4.78 is 48.2. The summed E-state index contributed by atoms with van der Waals surface area (Å²) in [5.74, 6) is -3.31. The highest BCUT2D eigenvalue weighted by molar-refractivity contribution is 5.94. The van der Waals surface area contributed by atoms with Crippen molar-refractivity contribution in [2.24, 2.45) is 5.41 Å². The molecular formula is C33H32F3N3O3. The van der Waals surface area contributed by atoms with Gasteiger partial charge in [-0.05, 0) is 36.5 Å². The van der Waals surface area contributed by atoms with Crippen LogP contribution in [0.2, 0.25) is 0 Å². The van der Waals surface area contributed by atoms with Crippen molar-refractivity contribution in [3.63, 3.8) is 0 Å². The number of carboxylic acid groups (broad SMARTS) is 1. The highest BCUT2D eigenvalue weighted by atomic mass is 19.1. The van der Waals surface area contributed by atoms with Gasteiger partial charge in [0.05, 0.1) is 17.6 Å². The van der Waals surface area contributed by atoms with Gasteiger partial charge >= 0.3 is 5.97 Å².